The number of hydrogen-bond donors (Lipinski definition) is 5. The minimum absolute atomic E-state index is 0. The SMILES string of the molecule is OCC1OC(O)C(O)C(O)C1O.[Cl-].[Cl-].[K+].[Na+]. The first kappa shape index (κ1) is 27.3. The summed E-state index contributed by atoms with van der Waals surface area (Å²) in [5, 5.41) is 44.7. The van der Waals surface area contributed by atoms with Gasteiger partial charge < -0.3 is 55.1 Å². The monoisotopic (exact) mass is 312 g/mol. The third kappa shape index (κ3) is 6.95. The van der Waals surface area contributed by atoms with Crippen LogP contribution < -0.4 is 106 Å². The van der Waals surface area contributed by atoms with Gasteiger partial charge in [0, 0.05) is 0 Å². The normalized spacial score (nSPS) is 36.9. The van der Waals surface area contributed by atoms with Crippen LogP contribution in [0.1, 0.15) is 0 Å². The van der Waals surface area contributed by atoms with Gasteiger partial charge in [-0.05, 0) is 0 Å². The molecule has 1 aliphatic heterocycles. The van der Waals surface area contributed by atoms with E-state index in [2.05, 4.69) is 4.74 Å². The number of hydrogen-bond acceptors (Lipinski definition) is 6. The van der Waals surface area contributed by atoms with E-state index in [9.17, 15) is 0 Å². The van der Waals surface area contributed by atoms with Crippen LogP contribution in [0.3, 0.4) is 0 Å². The Morgan fingerprint density at radius 2 is 1.31 bits per heavy atom. The van der Waals surface area contributed by atoms with E-state index in [0.717, 1.165) is 0 Å². The van der Waals surface area contributed by atoms with Crippen LogP contribution in [0.2, 0.25) is 0 Å². The van der Waals surface area contributed by atoms with Crippen molar-refractivity contribution in [1.82, 2.24) is 0 Å². The van der Waals surface area contributed by atoms with Gasteiger partial charge in [-0.3, -0.25) is 0 Å². The van der Waals surface area contributed by atoms with Crippen molar-refractivity contribution in [2.75, 3.05) is 6.61 Å². The summed E-state index contributed by atoms with van der Waals surface area (Å²) in [5.74, 6) is 0. The number of halogens is 2. The van der Waals surface area contributed by atoms with Crippen molar-refractivity contribution in [1.29, 1.82) is 0 Å². The molecule has 10 heteroatoms. The maximum absolute atomic E-state index is 9.12. The second-order valence-corrected chi connectivity index (χ2v) is 2.72. The Bertz CT molecular complexity index is 165. The van der Waals surface area contributed by atoms with E-state index in [-0.39, 0.29) is 106 Å². The van der Waals surface area contributed by atoms with E-state index >= 15 is 0 Å². The predicted molar refractivity (Wildman–Crippen MR) is 36.0 cm³/mol. The van der Waals surface area contributed by atoms with Gasteiger partial charge >= 0.3 is 80.9 Å². The summed E-state index contributed by atoms with van der Waals surface area (Å²) in [5.41, 5.74) is 0. The molecule has 0 radical (unpaired) electrons. The smallest absolute Gasteiger partial charge is 1.00 e. The molecule has 6 nitrogen and oxygen atoms in total. The topological polar surface area (TPSA) is 110 Å². The first-order valence-corrected chi connectivity index (χ1v) is 3.56. The molecule has 0 aromatic rings. The van der Waals surface area contributed by atoms with Crippen LogP contribution in [0.4, 0.5) is 0 Å². The first-order chi connectivity index (χ1) is 5.57. The third-order valence-electron chi connectivity index (χ3n) is 1.87. The minimum Gasteiger partial charge on any atom is -1.00 e. The predicted octanol–water partition coefficient (Wildman–Crippen LogP) is -15.2. The van der Waals surface area contributed by atoms with Crippen LogP contribution in [0.5, 0.6) is 0 Å². The van der Waals surface area contributed by atoms with Crippen LogP contribution in [0.15, 0.2) is 0 Å². The molecule has 5 N–H and O–H groups in total. The molecule has 0 saturated carbocycles. The van der Waals surface area contributed by atoms with E-state index in [1.165, 1.54) is 0 Å². The molecule has 1 saturated heterocycles. The van der Waals surface area contributed by atoms with Gasteiger partial charge in [0.15, 0.2) is 6.29 Å². The number of aliphatic hydroxyl groups excluding tert-OH is 5. The van der Waals surface area contributed by atoms with Gasteiger partial charge in [0.05, 0.1) is 6.61 Å². The molecule has 5 atom stereocenters. The van der Waals surface area contributed by atoms with Crippen molar-refractivity contribution in [3.05, 3.63) is 0 Å². The van der Waals surface area contributed by atoms with Gasteiger partial charge in [-0.15, -0.1) is 0 Å². The molecule has 1 fully saturated rings. The largest absolute Gasteiger partial charge is 1.00 e. The molecule has 16 heavy (non-hydrogen) atoms. The van der Waals surface area contributed by atoms with Crippen LogP contribution in [0, 0.1) is 0 Å². The van der Waals surface area contributed by atoms with Crippen LogP contribution in [-0.2, 0) is 4.74 Å². The maximum atomic E-state index is 9.12. The van der Waals surface area contributed by atoms with E-state index < -0.39 is 37.3 Å². The van der Waals surface area contributed by atoms with Gasteiger partial charge in [-0.1, -0.05) is 0 Å². The number of rotatable bonds is 1. The van der Waals surface area contributed by atoms with Gasteiger partial charge in [-0.25, -0.2) is 0 Å². The first-order valence-electron chi connectivity index (χ1n) is 3.56. The Hall–Kier alpha value is 2.98. The Labute approximate surface area is 170 Å². The molecule has 5 unspecified atom stereocenters. The molecule has 0 aromatic heterocycles. The zero-order valence-electron chi connectivity index (χ0n) is 8.99. The fraction of sp³-hybridized carbons (Fsp3) is 1.00. The Morgan fingerprint density at radius 3 is 1.69 bits per heavy atom. The van der Waals surface area contributed by atoms with Gasteiger partial charge in [0.1, 0.15) is 24.4 Å². The summed E-state index contributed by atoms with van der Waals surface area (Å²) in [6, 6.07) is 0. The van der Waals surface area contributed by atoms with E-state index in [4.69, 9.17) is 25.5 Å². The zero-order valence-corrected chi connectivity index (χ0v) is 15.6. The van der Waals surface area contributed by atoms with Crippen molar-refractivity contribution in [3.63, 3.8) is 0 Å². The molecule has 0 aliphatic carbocycles. The Morgan fingerprint density at radius 1 is 0.875 bits per heavy atom. The minimum atomic E-state index is -1.57. The number of ether oxygens (including phenoxy) is 1. The average Bonchev–Trinajstić information content (AvgIpc) is 2.08. The third-order valence-corrected chi connectivity index (χ3v) is 1.87. The zero-order chi connectivity index (χ0) is 9.30. The molecular weight excluding hydrogens is 301 g/mol. The fourth-order valence-electron chi connectivity index (χ4n) is 1.08. The molecule has 88 valence electrons. The number of aliphatic hydroxyl groups is 5. The van der Waals surface area contributed by atoms with Gasteiger partial charge in [0.25, 0.3) is 0 Å². The summed E-state index contributed by atoms with van der Waals surface area (Å²) < 4.78 is 4.58. The Balaban J connectivity index is -0.000000180. The molecule has 0 aromatic carbocycles. The van der Waals surface area contributed by atoms with Crippen LogP contribution >= 0.6 is 0 Å². The van der Waals surface area contributed by atoms with Crippen molar-refractivity contribution in [3.8, 4) is 0 Å². The summed E-state index contributed by atoms with van der Waals surface area (Å²) in [7, 11) is 0. The summed E-state index contributed by atoms with van der Waals surface area (Å²) in [6.45, 7) is -0.526. The fourth-order valence-corrected chi connectivity index (χ4v) is 1.08. The van der Waals surface area contributed by atoms with Crippen LogP contribution in [0.25, 0.3) is 0 Å². The second-order valence-electron chi connectivity index (χ2n) is 2.72. The molecule has 0 bridgehead atoms. The van der Waals surface area contributed by atoms with Gasteiger partial charge in [0.2, 0.25) is 0 Å². The molecule has 0 spiro atoms. The standard InChI is InChI=1S/C6H12O6.2ClH.K.Na/c7-1-2-3(8)4(9)5(10)6(11)12-2;;;;/h2-11H,1H2;2*1H;;/q;;;2*+1/p-2. The van der Waals surface area contributed by atoms with Gasteiger partial charge in [-0.2, -0.15) is 0 Å². The molecule has 1 aliphatic rings. The van der Waals surface area contributed by atoms with Crippen molar-refractivity contribution in [2.45, 2.75) is 30.7 Å². The summed E-state index contributed by atoms with van der Waals surface area (Å²) in [4.78, 5) is 0. The quantitative estimate of drug-likeness (QED) is 0.308. The van der Waals surface area contributed by atoms with Crippen molar-refractivity contribution in [2.24, 2.45) is 0 Å². The molecule has 1 heterocycles. The molecular formula is C6H12Cl2KNaO6. The summed E-state index contributed by atoms with van der Waals surface area (Å²) in [6.07, 6.45) is -7.04. The van der Waals surface area contributed by atoms with Crippen LogP contribution in [-0.4, -0.2) is 62.8 Å². The molecule has 0 amide bonds. The average molecular weight is 313 g/mol. The Kier molecular flexibility index (Phi) is 22.2. The van der Waals surface area contributed by atoms with E-state index in [1.54, 1.807) is 0 Å². The van der Waals surface area contributed by atoms with Crippen molar-refractivity contribution < 1.29 is 136 Å². The second kappa shape index (κ2) is 13.0. The maximum Gasteiger partial charge on any atom is 1.00 e. The molecule has 1 rings (SSSR count). The van der Waals surface area contributed by atoms with E-state index in [0.29, 0.717) is 0 Å². The van der Waals surface area contributed by atoms with Crippen molar-refractivity contribution >= 4 is 0 Å². The summed E-state index contributed by atoms with van der Waals surface area (Å²) >= 11 is 0. The van der Waals surface area contributed by atoms with E-state index in [1.807, 2.05) is 0 Å².